The van der Waals surface area contributed by atoms with Crippen molar-refractivity contribution in [3.63, 3.8) is 0 Å². The quantitative estimate of drug-likeness (QED) is 0.580. The van der Waals surface area contributed by atoms with Crippen LogP contribution in [0, 0.1) is 46.0 Å². The van der Waals surface area contributed by atoms with E-state index in [0.29, 0.717) is 0 Å². The Bertz CT molecular complexity index is 38.0. The van der Waals surface area contributed by atoms with Crippen LogP contribution < -0.4 is 0 Å². The largest absolute Gasteiger partial charge is 0.0499 e. The molecule has 0 amide bonds. The SMILES string of the molecule is [CH2][CH][CH2].[CH]1[CH]CC[CH][CH]CC1.[Rh]. The Kier molecular flexibility index (Phi) is 17.8. The fourth-order valence-electron chi connectivity index (χ4n) is 0.856. The number of hydrogen-bond donors (Lipinski definition) is 0. The molecule has 0 bridgehead atoms. The molecule has 0 heterocycles. The fourth-order valence-corrected chi connectivity index (χ4v) is 0.856. The van der Waals surface area contributed by atoms with Gasteiger partial charge in [0.15, 0.2) is 0 Å². The number of hydrogen-bond acceptors (Lipinski definition) is 0. The zero-order chi connectivity index (χ0) is 8.36. The predicted molar refractivity (Wildman–Crippen MR) is 50.7 cm³/mol. The molecule has 0 aromatic carbocycles. The van der Waals surface area contributed by atoms with Gasteiger partial charge in [0.1, 0.15) is 0 Å². The van der Waals surface area contributed by atoms with Gasteiger partial charge in [0.05, 0.1) is 0 Å². The third-order valence-corrected chi connectivity index (χ3v) is 1.33. The van der Waals surface area contributed by atoms with E-state index >= 15 is 0 Å². The maximum Gasteiger partial charge on any atom is 0 e. The van der Waals surface area contributed by atoms with Crippen molar-refractivity contribution in [2.45, 2.75) is 25.7 Å². The minimum Gasteiger partial charge on any atom is -0.0499 e. The molecule has 1 aliphatic carbocycles. The zero-order valence-corrected chi connectivity index (χ0v) is 9.10. The summed E-state index contributed by atoms with van der Waals surface area (Å²) in [7, 11) is 0. The van der Waals surface area contributed by atoms with E-state index in [1.165, 1.54) is 32.1 Å². The van der Waals surface area contributed by atoms with Crippen LogP contribution in [-0.4, -0.2) is 0 Å². The van der Waals surface area contributed by atoms with E-state index in [0.717, 1.165) is 0 Å². The van der Waals surface area contributed by atoms with Crippen molar-refractivity contribution in [1.82, 2.24) is 0 Å². The molecular weight excluding hydrogens is 235 g/mol. The van der Waals surface area contributed by atoms with Gasteiger partial charge >= 0.3 is 0 Å². The van der Waals surface area contributed by atoms with E-state index < -0.39 is 0 Å². The minimum absolute atomic E-state index is 0. The Morgan fingerprint density at radius 1 is 0.750 bits per heavy atom. The summed E-state index contributed by atoms with van der Waals surface area (Å²) >= 11 is 0. The Morgan fingerprint density at radius 3 is 1.08 bits per heavy atom. The van der Waals surface area contributed by atoms with Gasteiger partial charge in [-0.25, -0.2) is 0 Å². The van der Waals surface area contributed by atoms with Gasteiger partial charge in [-0.15, -0.1) is 0 Å². The molecule has 0 unspecified atom stereocenters. The normalized spacial score (nSPS) is 17.5. The third kappa shape index (κ3) is 13.2. The molecule has 0 aliphatic heterocycles. The monoisotopic (exact) mass is 252 g/mol. The molecule has 1 rings (SSSR count). The number of rotatable bonds is 0. The van der Waals surface area contributed by atoms with Crippen LogP contribution >= 0.6 is 0 Å². The minimum atomic E-state index is 0. The van der Waals surface area contributed by atoms with Crippen LogP contribution in [0.2, 0.25) is 0 Å². The van der Waals surface area contributed by atoms with Crippen molar-refractivity contribution in [1.29, 1.82) is 0 Å². The summed E-state index contributed by atoms with van der Waals surface area (Å²) in [6, 6.07) is 0. The van der Waals surface area contributed by atoms with E-state index in [1.807, 2.05) is 0 Å². The Labute approximate surface area is 91.3 Å². The smallest absolute Gasteiger partial charge is 0 e. The van der Waals surface area contributed by atoms with Crippen LogP contribution in [0.15, 0.2) is 0 Å². The van der Waals surface area contributed by atoms with Gasteiger partial charge in [0.25, 0.3) is 0 Å². The standard InChI is InChI=1S/C8H12.C3H5.Rh/c1-2-4-6-8-7-5-3-1;1-3-2;/h1-2,7-8H,3-6H2;3H,1-2H2;. The van der Waals surface area contributed by atoms with Gasteiger partial charge in [0, 0.05) is 19.5 Å². The average Bonchev–Trinajstić information content (AvgIpc) is 1.86. The summed E-state index contributed by atoms with van der Waals surface area (Å²) in [5.74, 6) is 0. The molecule has 70 valence electrons. The molecule has 0 nitrogen and oxygen atoms in total. The molecule has 0 spiro atoms. The van der Waals surface area contributed by atoms with Crippen molar-refractivity contribution >= 4 is 0 Å². The van der Waals surface area contributed by atoms with Gasteiger partial charge in [-0.1, -0.05) is 0 Å². The van der Waals surface area contributed by atoms with Crippen molar-refractivity contribution in [3.8, 4) is 0 Å². The van der Waals surface area contributed by atoms with Crippen LogP contribution in [-0.2, 0) is 19.5 Å². The summed E-state index contributed by atoms with van der Waals surface area (Å²) in [6.07, 6.45) is 15.5. The molecule has 0 aromatic rings. The molecule has 0 saturated heterocycles. The van der Waals surface area contributed by atoms with Crippen molar-refractivity contribution in [3.05, 3.63) is 46.0 Å². The van der Waals surface area contributed by atoms with Crippen LogP contribution in [0.25, 0.3) is 0 Å². The van der Waals surface area contributed by atoms with Crippen molar-refractivity contribution in [2.75, 3.05) is 0 Å². The topological polar surface area (TPSA) is 0 Å². The first-order chi connectivity index (χ1) is 5.41. The Balaban J connectivity index is 0. The maximum atomic E-state index is 3.25. The van der Waals surface area contributed by atoms with E-state index in [2.05, 4.69) is 39.5 Å². The van der Waals surface area contributed by atoms with Crippen LogP contribution in [0.5, 0.6) is 0 Å². The molecule has 1 heteroatoms. The molecular formula is C11H17Rh. The van der Waals surface area contributed by atoms with Gasteiger partial charge in [0.2, 0.25) is 0 Å². The second-order valence-corrected chi connectivity index (χ2v) is 2.39. The summed E-state index contributed by atoms with van der Waals surface area (Å²) in [4.78, 5) is 0. The molecule has 1 fully saturated rings. The molecule has 0 N–H and O–H groups in total. The molecule has 12 heavy (non-hydrogen) atoms. The maximum absolute atomic E-state index is 3.25. The van der Waals surface area contributed by atoms with Crippen LogP contribution in [0.3, 0.4) is 0 Å². The summed E-state index contributed by atoms with van der Waals surface area (Å²) in [5.41, 5.74) is 0. The van der Waals surface area contributed by atoms with Gasteiger partial charge < -0.3 is 0 Å². The summed E-state index contributed by atoms with van der Waals surface area (Å²) in [6.45, 7) is 6.50. The first kappa shape index (κ1) is 15.1. The molecule has 0 aromatic heterocycles. The zero-order valence-electron chi connectivity index (χ0n) is 7.46. The summed E-state index contributed by atoms with van der Waals surface area (Å²) in [5, 5.41) is 0. The van der Waals surface area contributed by atoms with Gasteiger partial charge in [-0.05, 0) is 71.6 Å². The van der Waals surface area contributed by atoms with Crippen LogP contribution in [0.4, 0.5) is 0 Å². The van der Waals surface area contributed by atoms with E-state index in [9.17, 15) is 0 Å². The molecule has 0 atom stereocenters. The average molecular weight is 252 g/mol. The van der Waals surface area contributed by atoms with Crippen molar-refractivity contribution < 1.29 is 19.5 Å². The molecule has 1 saturated carbocycles. The van der Waals surface area contributed by atoms with E-state index in [1.54, 1.807) is 0 Å². The Hall–Kier alpha value is 0.623. The first-order valence-electron chi connectivity index (χ1n) is 4.12. The van der Waals surface area contributed by atoms with Crippen LogP contribution in [0.1, 0.15) is 25.7 Å². The molecule has 1 aliphatic rings. The second-order valence-electron chi connectivity index (χ2n) is 2.39. The summed E-state index contributed by atoms with van der Waals surface area (Å²) < 4.78 is 0. The third-order valence-electron chi connectivity index (χ3n) is 1.33. The van der Waals surface area contributed by atoms with E-state index in [4.69, 9.17) is 0 Å². The van der Waals surface area contributed by atoms with E-state index in [-0.39, 0.29) is 19.5 Å². The predicted octanol–water partition coefficient (Wildman–Crippen LogP) is 3.23. The van der Waals surface area contributed by atoms with Gasteiger partial charge in [-0.2, -0.15) is 0 Å². The van der Waals surface area contributed by atoms with Gasteiger partial charge in [-0.3, -0.25) is 0 Å². The molecule has 8 radical (unpaired) electrons. The Morgan fingerprint density at radius 2 is 0.917 bits per heavy atom. The second kappa shape index (κ2) is 14.2. The fraction of sp³-hybridized carbons (Fsp3) is 0.364. The van der Waals surface area contributed by atoms with Crippen molar-refractivity contribution in [2.24, 2.45) is 0 Å². The first-order valence-corrected chi connectivity index (χ1v) is 4.12.